The van der Waals surface area contributed by atoms with Crippen LogP contribution in [0.25, 0.3) is 5.76 Å². The number of Topliss-reactive ketones (excluding diaryl/α,β-unsaturated/α-hetero) is 1. The minimum absolute atomic E-state index is 0.0710. The maximum atomic E-state index is 13.5. The van der Waals surface area contributed by atoms with E-state index in [9.17, 15) is 14.7 Å². The van der Waals surface area contributed by atoms with Gasteiger partial charge in [-0.15, -0.1) is 11.3 Å². The van der Waals surface area contributed by atoms with Crippen molar-refractivity contribution in [2.75, 3.05) is 12.0 Å². The lowest BCUT2D eigenvalue weighted by Crippen LogP contribution is -2.29. The zero-order chi connectivity index (χ0) is 25.7. The number of carbonyl (C=O) groups excluding carboxylic acids is 2. The Bertz CT molecular complexity index is 1370. The van der Waals surface area contributed by atoms with Gasteiger partial charge in [-0.05, 0) is 71.7 Å². The molecule has 7 heteroatoms. The highest BCUT2D eigenvalue weighted by Gasteiger charge is 2.48. The molecule has 1 N–H and O–H groups in total. The van der Waals surface area contributed by atoms with Crippen molar-refractivity contribution in [2.45, 2.75) is 46.1 Å². The van der Waals surface area contributed by atoms with Crippen molar-refractivity contribution in [3.05, 3.63) is 85.6 Å². The molecular formula is C28H28ClNO4S. The number of nitrogens with zero attached hydrogens (tertiary/aromatic N) is 1. The Morgan fingerprint density at radius 1 is 1.06 bits per heavy atom. The van der Waals surface area contributed by atoms with Crippen LogP contribution in [0.1, 0.15) is 53.9 Å². The fourth-order valence-electron chi connectivity index (χ4n) is 4.31. The molecule has 35 heavy (non-hydrogen) atoms. The summed E-state index contributed by atoms with van der Waals surface area (Å²) in [5, 5.41) is 13.8. The molecule has 3 aromatic rings. The first kappa shape index (κ1) is 25.0. The Hall–Kier alpha value is -3.09. The lowest BCUT2D eigenvalue weighted by molar-refractivity contribution is -0.132. The van der Waals surface area contributed by atoms with Gasteiger partial charge in [-0.25, -0.2) is 0 Å². The van der Waals surface area contributed by atoms with E-state index in [1.807, 2.05) is 43.5 Å². The first-order valence-electron chi connectivity index (χ1n) is 11.3. The van der Waals surface area contributed by atoms with E-state index in [0.717, 1.165) is 21.6 Å². The summed E-state index contributed by atoms with van der Waals surface area (Å²) in [5.41, 5.74) is 3.68. The van der Waals surface area contributed by atoms with Crippen LogP contribution < -0.4 is 9.64 Å². The maximum absolute atomic E-state index is 13.5. The minimum atomic E-state index is -0.780. The van der Waals surface area contributed by atoms with Crippen molar-refractivity contribution in [1.29, 1.82) is 0 Å². The van der Waals surface area contributed by atoms with E-state index in [-0.39, 0.29) is 16.7 Å². The second kappa shape index (κ2) is 9.17. The predicted molar refractivity (Wildman–Crippen MR) is 142 cm³/mol. The zero-order valence-corrected chi connectivity index (χ0v) is 22.2. The van der Waals surface area contributed by atoms with Crippen LogP contribution >= 0.6 is 22.9 Å². The van der Waals surface area contributed by atoms with Crippen LogP contribution in [-0.2, 0) is 15.0 Å². The molecule has 0 bridgehead atoms. The minimum Gasteiger partial charge on any atom is -0.507 e. The van der Waals surface area contributed by atoms with Crippen LogP contribution in [-0.4, -0.2) is 23.9 Å². The van der Waals surface area contributed by atoms with Gasteiger partial charge >= 0.3 is 0 Å². The number of ketones is 1. The fourth-order valence-corrected chi connectivity index (χ4v) is 5.58. The Balaban J connectivity index is 1.97. The van der Waals surface area contributed by atoms with Crippen molar-refractivity contribution in [3.63, 3.8) is 0 Å². The number of aliphatic hydroxyl groups is 1. The van der Waals surface area contributed by atoms with Gasteiger partial charge in [-0.1, -0.05) is 44.5 Å². The molecule has 182 valence electrons. The number of benzene rings is 2. The summed E-state index contributed by atoms with van der Waals surface area (Å²) < 4.78 is 5.25. The summed E-state index contributed by atoms with van der Waals surface area (Å²) in [7, 11) is 1.51. The topological polar surface area (TPSA) is 66.8 Å². The van der Waals surface area contributed by atoms with Crippen molar-refractivity contribution < 1.29 is 19.4 Å². The summed E-state index contributed by atoms with van der Waals surface area (Å²) in [5.74, 6) is -1.15. The predicted octanol–water partition coefficient (Wildman–Crippen LogP) is 6.95. The third-order valence-electron chi connectivity index (χ3n) is 6.37. The highest BCUT2D eigenvalue weighted by molar-refractivity contribution is 7.10. The van der Waals surface area contributed by atoms with Gasteiger partial charge in [-0.3, -0.25) is 14.5 Å². The largest absolute Gasteiger partial charge is 0.507 e. The van der Waals surface area contributed by atoms with Crippen LogP contribution in [0.5, 0.6) is 5.75 Å². The molecule has 1 aliphatic heterocycles. The number of methoxy groups -OCH3 is 1. The lowest BCUT2D eigenvalue weighted by Gasteiger charge is -2.26. The summed E-state index contributed by atoms with van der Waals surface area (Å²) in [4.78, 5) is 29.1. The van der Waals surface area contributed by atoms with Gasteiger partial charge in [0.2, 0.25) is 0 Å². The molecule has 2 heterocycles. The molecule has 1 atom stereocenters. The molecule has 2 aromatic carbocycles. The molecule has 1 amide bonds. The number of aryl methyl sites for hydroxylation is 2. The van der Waals surface area contributed by atoms with Crippen molar-refractivity contribution in [2.24, 2.45) is 0 Å². The van der Waals surface area contributed by atoms with Gasteiger partial charge in [0.25, 0.3) is 11.7 Å². The number of ether oxygens (including phenoxy) is 1. The second-order valence-electron chi connectivity index (χ2n) is 9.74. The number of anilines is 1. The molecule has 1 fully saturated rings. The molecule has 0 aliphatic carbocycles. The third-order valence-corrected chi connectivity index (χ3v) is 7.73. The summed E-state index contributed by atoms with van der Waals surface area (Å²) in [6.07, 6.45) is 0. The number of thiophene rings is 1. The highest BCUT2D eigenvalue weighted by Crippen LogP contribution is 2.46. The lowest BCUT2D eigenvalue weighted by atomic mass is 9.84. The number of hydrogen-bond acceptors (Lipinski definition) is 5. The Kier molecular flexibility index (Phi) is 6.56. The first-order valence-corrected chi connectivity index (χ1v) is 12.5. The van der Waals surface area contributed by atoms with Gasteiger partial charge in [0, 0.05) is 16.1 Å². The number of aliphatic hydroxyl groups excluding tert-OH is 1. The fraction of sp³-hybridized carbons (Fsp3) is 0.286. The molecule has 0 radical (unpaired) electrons. The van der Waals surface area contributed by atoms with Crippen molar-refractivity contribution in [1.82, 2.24) is 0 Å². The molecule has 1 unspecified atom stereocenters. The summed E-state index contributed by atoms with van der Waals surface area (Å²) in [6, 6.07) is 12.0. The Labute approximate surface area is 214 Å². The summed E-state index contributed by atoms with van der Waals surface area (Å²) in [6.45, 7) is 10.1. The Morgan fingerprint density at radius 3 is 2.34 bits per heavy atom. The average molecular weight is 510 g/mol. The first-order chi connectivity index (χ1) is 16.5. The number of amides is 1. The molecule has 1 aliphatic rings. The molecule has 4 rings (SSSR count). The molecule has 5 nitrogen and oxygen atoms in total. The number of halogens is 1. The quantitative estimate of drug-likeness (QED) is 0.235. The van der Waals surface area contributed by atoms with Gasteiger partial charge in [0.05, 0.1) is 17.7 Å². The third kappa shape index (κ3) is 4.37. The normalized spacial score (nSPS) is 17.8. The van der Waals surface area contributed by atoms with Crippen LogP contribution in [0.3, 0.4) is 0 Å². The molecular weight excluding hydrogens is 482 g/mol. The van der Waals surface area contributed by atoms with Crippen LogP contribution in [0.15, 0.2) is 53.4 Å². The van der Waals surface area contributed by atoms with E-state index < -0.39 is 17.7 Å². The maximum Gasteiger partial charge on any atom is 0.300 e. The SMILES string of the molecule is COc1ccc(N2C(=O)C(=O)/C(=C(/O)c3cc(C(C)(C)C)ccc3C)C2c2sccc2C)cc1Cl. The second-order valence-corrected chi connectivity index (χ2v) is 11.1. The van der Waals surface area contributed by atoms with E-state index in [0.29, 0.717) is 22.0 Å². The van der Waals surface area contributed by atoms with Gasteiger partial charge < -0.3 is 9.84 Å². The molecule has 0 saturated carbocycles. The van der Waals surface area contributed by atoms with E-state index >= 15 is 0 Å². The number of hydrogen-bond donors (Lipinski definition) is 1. The van der Waals surface area contributed by atoms with Crippen LogP contribution in [0, 0.1) is 13.8 Å². The van der Waals surface area contributed by atoms with Crippen molar-refractivity contribution >= 4 is 46.1 Å². The van der Waals surface area contributed by atoms with Crippen LogP contribution in [0.4, 0.5) is 5.69 Å². The smallest absolute Gasteiger partial charge is 0.300 e. The van der Waals surface area contributed by atoms with E-state index in [1.165, 1.54) is 23.3 Å². The van der Waals surface area contributed by atoms with E-state index in [1.54, 1.807) is 18.2 Å². The van der Waals surface area contributed by atoms with Gasteiger partial charge in [0.15, 0.2) is 0 Å². The number of carbonyl (C=O) groups is 2. The Morgan fingerprint density at radius 2 is 1.77 bits per heavy atom. The molecule has 1 aromatic heterocycles. The van der Waals surface area contributed by atoms with Gasteiger partial charge in [-0.2, -0.15) is 0 Å². The van der Waals surface area contributed by atoms with E-state index in [2.05, 4.69) is 20.8 Å². The van der Waals surface area contributed by atoms with E-state index in [4.69, 9.17) is 16.3 Å². The van der Waals surface area contributed by atoms with Crippen LogP contribution in [0.2, 0.25) is 5.02 Å². The standard InChI is InChI=1S/C28H28ClNO4S/c1-15-7-8-17(28(3,4)5)13-19(15)24(31)22-23(26-16(2)11-12-35-26)30(27(33)25(22)32)18-9-10-21(34-6)20(29)14-18/h7-14,23,31H,1-6H3/b24-22+. The number of rotatable bonds is 4. The highest BCUT2D eigenvalue weighted by atomic mass is 35.5. The summed E-state index contributed by atoms with van der Waals surface area (Å²) >= 11 is 7.80. The zero-order valence-electron chi connectivity index (χ0n) is 20.6. The molecule has 0 spiro atoms. The van der Waals surface area contributed by atoms with Gasteiger partial charge in [0.1, 0.15) is 17.6 Å². The monoisotopic (exact) mass is 509 g/mol. The average Bonchev–Trinajstić information content (AvgIpc) is 3.33. The molecule has 1 saturated heterocycles. The van der Waals surface area contributed by atoms with Crippen molar-refractivity contribution in [3.8, 4) is 5.75 Å².